The van der Waals surface area contributed by atoms with E-state index in [1.54, 1.807) is 0 Å². The second-order valence-electron chi connectivity index (χ2n) is 10.7. The van der Waals surface area contributed by atoms with Gasteiger partial charge in [-0.2, -0.15) is 5.10 Å². The molecule has 2 aromatic rings. The molecule has 0 aliphatic carbocycles. The molecule has 0 spiro atoms. The van der Waals surface area contributed by atoms with Gasteiger partial charge in [-0.1, -0.05) is 38.1 Å². The number of rotatable bonds is 11. The van der Waals surface area contributed by atoms with Crippen LogP contribution < -0.4 is 0 Å². The van der Waals surface area contributed by atoms with Gasteiger partial charge in [0, 0.05) is 36.6 Å². The summed E-state index contributed by atoms with van der Waals surface area (Å²) in [4.78, 5) is 11.8. The largest absolute Gasteiger partial charge is 0.466 e. The van der Waals surface area contributed by atoms with Crippen molar-refractivity contribution >= 4 is 5.97 Å². The van der Waals surface area contributed by atoms with E-state index < -0.39 is 6.10 Å². The SMILES string of the molecule is CCOC(=O)CC[C@@H]1C[C@H](O)C[C@H](Cc2nn(C(C)C)c(C)c2Cc2ccc(CC(C)C)cc2)O1. The maximum atomic E-state index is 11.8. The van der Waals surface area contributed by atoms with E-state index in [0.29, 0.717) is 44.6 Å². The summed E-state index contributed by atoms with van der Waals surface area (Å²) in [5.41, 5.74) is 6.14. The Morgan fingerprint density at radius 1 is 1.14 bits per heavy atom. The van der Waals surface area contributed by atoms with Crippen molar-refractivity contribution in [2.45, 2.75) is 111 Å². The van der Waals surface area contributed by atoms with Crippen LogP contribution in [-0.4, -0.2) is 45.8 Å². The maximum Gasteiger partial charge on any atom is 0.305 e. The number of aliphatic hydroxyl groups excluding tert-OH is 1. The third-order valence-corrected chi connectivity index (χ3v) is 6.75. The van der Waals surface area contributed by atoms with Crippen LogP contribution in [0.1, 0.15) is 94.4 Å². The van der Waals surface area contributed by atoms with Crippen molar-refractivity contribution in [3.63, 3.8) is 0 Å². The zero-order valence-corrected chi connectivity index (χ0v) is 22.4. The molecule has 1 N–H and O–H groups in total. The lowest BCUT2D eigenvalue weighted by molar-refractivity contribution is -0.146. The standard InChI is InChI=1S/C29H44N2O4/c1-7-34-29(33)13-12-25-16-24(32)17-26(35-25)18-28-27(21(6)31(30-28)20(4)5)15-23-10-8-22(9-11-23)14-19(2)3/h8-11,19-20,24-26,32H,7,12-18H2,1-6H3/t24-,25+,26+/m0/s1. The van der Waals surface area contributed by atoms with Crippen LogP contribution in [0.25, 0.3) is 0 Å². The summed E-state index contributed by atoms with van der Waals surface area (Å²) in [5.74, 6) is 0.437. The second kappa shape index (κ2) is 12.7. The van der Waals surface area contributed by atoms with Crippen LogP contribution in [0.2, 0.25) is 0 Å². The van der Waals surface area contributed by atoms with Crippen molar-refractivity contribution in [3.05, 3.63) is 52.3 Å². The fourth-order valence-corrected chi connectivity index (χ4v) is 5.11. The molecule has 1 aromatic carbocycles. The molecule has 1 fully saturated rings. The summed E-state index contributed by atoms with van der Waals surface area (Å²) < 4.78 is 13.5. The number of esters is 1. The Morgan fingerprint density at radius 3 is 2.43 bits per heavy atom. The van der Waals surface area contributed by atoms with E-state index in [9.17, 15) is 9.90 Å². The predicted octanol–water partition coefficient (Wildman–Crippen LogP) is 5.36. The highest BCUT2D eigenvalue weighted by Gasteiger charge is 2.30. The van der Waals surface area contributed by atoms with Crippen LogP contribution in [0.3, 0.4) is 0 Å². The number of aliphatic hydroxyl groups is 1. The summed E-state index contributed by atoms with van der Waals surface area (Å²) in [7, 11) is 0. The second-order valence-corrected chi connectivity index (χ2v) is 10.7. The third-order valence-electron chi connectivity index (χ3n) is 6.75. The molecule has 1 saturated heterocycles. The minimum absolute atomic E-state index is 0.118. The normalized spacial score (nSPS) is 20.5. The van der Waals surface area contributed by atoms with Gasteiger partial charge in [-0.3, -0.25) is 9.48 Å². The third kappa shape index (κ3) is 7.91. The lowest BCUT2D eigenvalue weighted by Crippen LogP contribution is -2.37. The Bertz CT molecular complexity index is 948. The van der Waals surface area contributed by atoms with Gasteiger partial charge in [0.1, 0.15) is 0 Å². The van der Waals surface area contributed by atoms with Crippen LogP contribution in [0.5, 0.6) is 0 Å². The molecular formula is C29H44N2O4. The number of aromatic nitrogens is 2. The number of hydrogen-bond acceptors (Lipinski definition) is 5. The molecule has 35 heavy (non-hydrogen) atoms. The van der Waals surface area contributed by atoms with Crippen molar-refractivity contribution < 1.29 is 19.4 Å². The Balaban J connectivity index is 1.74. The summed E-state index contributed by atoms with van der Waals surface area (Å²) in [5, 5.41) is 15.5. The van der Waals surface area contributed by atoms with Gasteiger partial charge < -0.3 is 14.6 Å². The van der Waals surface area contributed by atoms with Crippen LogP contribution >= 0.6 is 0 Å². The molecule has 194 valence electrons. The van der Waals surface area contributed by atoms with E-state index in [-0.39, 0.29) is 24.2 Å². The van der Waals surface area contributed by atoms with Crippen LogP contribution in [0, 0.1) is 12.8 Å². The Kier molecular flexibility index (Phi) is 9.93. The van der Waals surface area contributed by atoms with Gasteiger partial charge in [-0.25, -0.2) is 0 Å². The molecule has 3 rings (SSSR count). The molecule has 1 aliphatic heterocycles. The highest BCUT2D eigenvalue weighted by atomic mass is 16.5. The van der Waals surface area contributed by atoms with Crippen LogP contribution in [-0.2, 0) is 33.5 Å². The van der Waals surface area contributed by atoms with Gasteiger partial charge in [-0.15, -0.1) is 0 Å². The smallest absolute Gasteiger partial charge is 0.305 e. The highest BCUT2D eigenvalue weighted by molar-refractivity contribution is 5.69. The van der Waals surface area contributed by atoms with Crippen molar-refractivity contribution in [1.82, 2.24) is 9.78 Å². The summed E-state index contributed by atoms with van der Waals surface area (Å²) in [6.45, 7) is 13.1. The Labute approximate surface area is 211 Å². The van der Waals surface area contributed by atoms with Gasteiger partial charge >= 0.3 is 5.97 Å². The molecule has 1 aromatic heterocycles. The van der Waals surface area contributed by atoms with Crippen molar-refractivity contribution in [2.24, 2.45) is 5.92 Å². The van der Waals surface area contributed by atoms with Gasteiger partial charge in [0.05, 0.1) is 30.6 Å². The zero-order valence-electron chi connectivity index (χ0n) is 22.4. The molecule has 0 saturated carbocycles. The van der Waals surface area contributed by atoms with E-state index in [4.69, 9.17) is 14.6 Å². The molecule has 0 radical (unpaired) electrons. The minimum atomic E-state index is -0.425. The number of carbonyl (C=O) groups is 1. The minimum Gasteiger partial charge on any atom is -0.466 e. The monoisotopic (exact) mass is 484 g/mol. The summed E-state index contributed by atoms with van der Waals surface area (Å²) >= 11 is 0. The first-order valence-corrected chi connectivity index (χ1v) is 13.3. The Hall–Kier alpha value is -2.18. The molecule has 0 bridgehead atoms. The average Bonchev–Trinajstić information content (AvgIpc) is 3.08. The fraction of sp³-hybridized carbons (Fsp3) is 0.655. The van der Waals surface area contributed by atoms with Crippen molar-refractivity contribution in [3.8, 4) is 0 Å². The van der Waals surface area contributed by atoms with Crippen molar-refractivity contribution in [2.75, 3.05) is 6.61 Å². The molecule has 0 unspecified atom stereocenters. The van der Waals surface area contributed by atoms with Gasteiger partial charge in [0.15, 0.2) is 0 Å². The van der Waals surface area contributed by atoms with Gasteiger partial charge in [0.2, 0.25) is 0 Å². The van der Waals surface area contributed by atoms with E-state index in [1.165, 1.54) is 22.4 Å². The molecule has 6 nitrogen and oxygen atoms in total. The lowest BCUT2D eigenvalue weighted by Gasteiger charge is -2.33. The van der Waals surface area contributed by atoms with E-state index in [2.05, 4.69) is 63.6 Å². The average molecular weight is 485 g/mol. The van der Waals surface area contributed by atoms with Crippen LogP contribution in [0.4, 0.5) is 0 Å². The number of hydrogen-bond donors (Lipinski definition) is 1. The summed E-state index contributed by atoms with van der Waals surface area (Å²) in [6.07, 6.45) is 3.94. The molecule has 6 heteroatoms. The first kappa shape index (κ1) is 27.4. The fourth-order valence-electron chi connectivity index (χ4n) is 5.11. The lowest BCUT2D eigenvalue weighted by atomic mass is 9.93. The number of ether oxygens (including phenoxy) is 2. The van der Waals surface area contributed by atoms with E-state index in [1.807, 2.05) is 6.92 Å². The molecule has 1 aliphatic rings. The number of carbonyl (C=O) groups excluding carboxylic acids is 1. The first-order chi connectivity index (χ1) is 16.7. The van der Waals surface area contributed by atoms with Gasteiger partial charge in [-0.05, 0) is 70.4 Å². The highest BCUT2D eigenvalue weighted by Crippen LogP contribution is 2.28. The predicted molar refractivity (Wildman–Crippen MR) is 139 cm³/mol. The first-order valence-electron chi connectivity index (χ1n) is 13.3. The maximum absolute atomic E-state index is 11.8. The molecular weight excluding hydrogens is 440 g/mol. The molecule has 0 amide bonds. The van der Waals surface area contributed by atoms with E-state index in [0.717, 1.165) is 18.5 Å². The van der Waals surface area contributed by atoms with E-state index >= 15 is 0 Å². The molecule has 3 atom stereocenters. The quantitative estimate of drug-likeness (QED) is 0.435. The number of benzene rings is 1. The van der Waals surface area contributed by atoms with Gasteiger partial charge in [0.25, 0.3) is 0 Å². The number of nitrogens with zero attached hydrogens (tertiary/aromatic N) is 2. The summed E-state index contributed by atoms with van der Waals surface area (Å²) in [6, 6.07) is 9.23. The zero-order chi connectivity index (χ0) is 25.5. The molecule has 2 heterocycles. The van der Waals surface area contributed by atoms with Crippen LogP contribution in [0.15, 0.2) is 24.3 Å². The van der Waals surface area contributed by atoms with Crippen molar-refractivity contribution in [1.29, 1.82) is 0 Å². The topological polar surface area (TPSA) is 73.6 Å². The Morgan fingerprint density at radius 2 is 1.80 bits per heavy atom.